The van der Waals surface area contributed by atoms with Gasteiger partial charge in [-0.25, -0.2) is 0 Å². The second-order valence-electron chi connectivity index (χ2n) is 7.11. The monoisotopic (exact) mass is 370 g/mol. The van der Waals surface area contributed by atoms with Crippen LogP contribution in [0.15, 0.2) is 18.2 Å². The van der Waals surface area contributed by atoms with E-state index in [9.17, 15) is 4.79 Å². The van der Waals surface area contributed by atoms with E-state index < -0.39 is 0 Å². The first-order valence-electron chi connectivity index (χ1n) is 10.00. The summed E-state index contributed by atoms with van der Waals surface area (Å²) in [5.41, 5.74) is 10.5. The molecule has 2 heterocycles. The predicted molar refractivity (Wildman–Crippen MR) is 108 cm³/mol. The summed E-state index contributed by atoms with van der Waals surface area (Å²) in [5, 5.41) is 0. The molecule has 1 aliphatic rings. The normalized spacial score (nSPS) is 13.0. The number of hydrogen-bond donors (Lipinski definition) is 1. The van der Waals surface area contributed by atoms with Crippen molar-refractivity contribution in [1.82, 2.24) is 4.57 Å². The van der Waals surface area contributed by atoms with E-state index in [1.807, 2.05) is 25.1 Å². The van der Waals surface area contributed by atoms with Gasteiger partial charge in [0, 0.05) is 23.5 Å². The quantitative estimate of drug-likeness (QED) is 0.697. The Morgan fingerprint density at radius 1 is 1.11 bits per heavy atom. The highest BCUT2D eigenvalue weighted by Crippen LogP contribution is 2.39. The number of nitrogens with zero attached hydrogens (tertiary/aromatic N) is 1. The minimum Gasteiger partial charge on any atom is -0.486 e. The number of carbonyl (C=O) groups is 1. The zero-order valence-corrected chi connectivity index (χ0v) is 16.6. The van der Waals surface area contributed by atoms with Gasteiger partial charge in [-0.15, -0.1) is 0 Å². The smallest absolute Gasteiger partial charge is 0.251 e. The standard InChI is InChI=1S/C22H30N2O3/c1-4-6-7-8-17-21(20(22(23)25)15(3)24(17)11-5-2)16-9-10-18-19(14-16)27-13-12-26-18/h9-10,14H,4-8,11-13H2,1-3H3,(H2,23,25). The minimum atomic E-state index is -0.371. The Morgan fingerprint density at radius 2 is 1.85 bits per heavy atom. The summed E-state index contributed by atoms with van der Waals surface area (Å²) in [5.74, 6) is 1.11. The number of ether oxygens (including phenoxy) is 2. The lowest BCUT2D eigenvalue weighted by Gasteiger charge is -2.19. The van der Waals surface area contributed by atoms with Gasteiger partial charge in [0.2, 0.25) is 0 Å². The Hall–Kier alpha value is -2.43. The summed E-state index contributed by atoms with van der Waals surface area (Å²) in [7, 11) is 0. The molecule has 0 atom stereocenters. The molecule has 0 bridgehead atoms. The maximum absolute atomic E-state index is 12.4. The molecule has 27 heavy (non-hydrogen) atoms. The Morgan fingerprint density at radius 3 is 2.52 bits per heavy atom. The van der Waals surface area contributed by atoms with Gasteiger partial charge in [0.05, 0.1) is 5.56 Å². The van der Waals surface area contributed by atoms with E-state index >= 15 is 0 Å². The Bertz CT molecular complexity index is 823. The van der Waals surface area contributed by atoms with Crippen LogP contribution in [-0.4, -0.2) is 23.7 Å². The number of benzene rings is 1. The summed E-state index contributed by atoms with van der Waals surface area (Å²) >= 11 is 0. The van der Waals surface area contributed by atoms with Crippen LogP contribution in [0.5, 0.6) is 11.5 Å². The van der Waals surface area contributed by atoms with E-state index in [1.165, 1.54) is 12.1 Å². The van der Waals surface area contributed by atoms with Crippen LogP contribution in [0.2, 0.25) is 0 Å². The van der Waals surface area contributed by atoms with Crippen LogP contribution in [0.1, 0.15) is 61.3 Å². The summed E-state index contributed by atoms with van der Waals surface area (Å²) in [6, 6.07) is 5.92. The van der Waals surface area contributed by atoms with Crippen LogP contribution in [-0.2, 0) is 13.0 Å². The van der Waals surface area contributed by atoms with Crippen molar-refractivity contribution in [3.63, 3.8) is 0 Å². The molecule has 0 fully saturated rings. The molecule has 0 radical (unpaired) electrons. The fraction of sp³-hybridized carbons (Fsp3) is 0.500. The van der Waals surface area contributed by atoms with Crippen molar-refractivity contribution in [2.45, 2.75) is 59.4 Å². The van der Waals surface area contributed by atoms with Crippen LogP contribution >= 0.6 is 0 Å². The topological polar surface area (TPSA) is 66.5 Å². The molecule has 2 aromatic rings. The molecule has 0 saturated heterocycles. The van der Waals surface area contributed by atoms with E-state index in [0.29, 0.717) is 18.8 Å². The predicted octanol–water partition coefficient (Wildman–Crippen LogP) is 4.48. The summed E-state index contributed by atoms with van der Waals surface area (Å²) in [4.78, 5) is 12.4. The zero-order chi connectivity index (χ0) is 19.4. The fourth-order valence-corrected chi connectivity index (χ4v) is 3.94. The van der Waals surface area contributed by atoms with Crippen molar-refractivity contribution in [3.8, 4) is 22.6 Å². The minimum absolute atomic E-state index is 0.371. The van der Waals surface area contributed by atoms with Crippen molar-refractivity contribution >= 4 is 5.91 Å². The summed E-state index contributed by atoms with van der Waals surface area (Å²) in [6.07, 6.45) is 5.37. The highest BCUT2D eigenvalue weighted by Gasteiger charge is 2.25. The molecular formula is C22H30N2O3. The molecule has 1 aromatic carbocycles. The fourth-order valence-electron chi connectivity index (χ4n) is 3.94. The first-order valence-corrected chi connectivity index (χ1v) is 10.00. The van der Waals surface area contributed by atoms with Gasteiger partial charge in [0.1, 0.15) is 13.2 Å². The second-order valence-corrected chi connectivity index (χ2v) is 7.11. The molecule has 1 aliphatic heterocycles. The van der Waals surface area contributed by atoms with Crippen molar-refractivity contribution in [1.29, 1.82) is 0 Å². The number of rotatable bonds is 8. The first-order chi connectivity index (χ1) is 13.1. The number of carbonyl (C=O) groups excluding carboxylic acids is 1. The molecule has 0 aliphatic carbocycles. The van der Waals surface area contributed by atoms with Crippen LogP contribution < -0.4 is 15.2 Å². The van der Waals surface area contributed by atoms with Gasteiger partial charge < -0.3 is 19.8 Å². The number of hydrogen-bond acceptors (Lipinski definition) is 3. The Kier molecular flexibility index (Phi) is 6.09. The second kappa shape index (κ2) is 8.51. The van der Waals surface area contributed by atoms with Crippen LogP contribution in [0.3, 0.4) is 0 Å². The molecule has 2 N–H and O–H groups in total. The van der Waals surface area contributed by atoms with Crippen molar-refractivity contribution < 1.29 is 14.3 Å². The van der Waals surface area contributed by atoms with E-state index in [1.54, 1.807) is 0 Å². The average molecular weight is 370 g/mol. The lowest BCUT2D eigenvalue weighted by atomic mass is 9.97. The van der Waals surface area contributed by atoms with Crippen LogP contribution in [0.4, 0.5) is 0 Å². The molecular weight excluding hydrogens is 340 g/mol. The number of nitrogens with two attached hydrogens (primary N) is 1. The van der Waals surface area contributed by atoms with Gasteiger partial charge in [0.25, 0.3) is 5.91 Å². The maximum atomic E-state index is 12.4. The van der Waals surface area contributed by atoms with Crippen molar-refractivity contribution in [2.75, 3.05) is 13.2 Å². The van der Waals surface area contributed by atoms with Crippen LogP contribution in [0.25, 0.3) is 11.1 Å². The highest BCUT2D eigenvalue weighted by molar-refractivity contribution is 6.02. The third-order valence-corrected chi connectivity index (χ3v) is 5.17. The zero-order valence-electron chi connectivity index (χ0n) is 16.6. The number of aromatic nitrogens is 1. The largest absolute Gasteiger partial charge is 0.486 e. The molecule has 1 amide bonds. The molecule has 3 rings (SSSR count). The van der Waals surface area contributed by atoms with Gasteiger partial charge >= 0.3 is 0 Å². The molecule has 5 heteroatoms. The molecule has 0 saturated carbocycles. The van der Waals surface area contributed by atoms with E-state index in [0.717, 1.165) is 60.5 Å². The molecule has 0 unspecified atom stereocenters. The SMILES string of the molecule is CCCCCc1c(-c2ccc3c(c2)OCCO3)c(C(N)=O)c(C)n1CCC. The van der Waals surface area contributed by atoms with Gasteiger partial charge in [0.15, 0.2) is 11.5 Å². The first kappa shape index (κ1) is 19.3. The number of primary amides is 1. The molecule has 146 valence electrons. The van der Waals surface area contributed by atoms with Crippen molar-refractivity contribution in [3.05, 3.63) is 35.2 Å². The van der Waals surface area contributed by atoms with Gasteiger partial charge in [-0.1, -0.05) is 32.8 Å². The molecule has 5 nitrogen and oxygen atoms in total. The number of fused-ring (bicyclic) bond motifs is 1. The van der Waals surface area contributed by atoms with Crippen molar-refractivity contribution in [2.24, 2.45) is 5.73 Å². The molecule has 0 spiro atoms. The molecule has 1 aromatic heterocycles. The van der Waals surface area contributed by atoms with E-state index in [2.05, 4.69) is 18.4 Å². The van der Waals surface area contributed by atoms with Gasteiger partial charge in [-0.2, -0.15) is 0 Å². The van der Waals surface area contributed by atoms with E-state index in [4.69, 9.17) is 15.2 Å². The lowest BCUT2D eigenvalue weighted by Crippen LogP contribution is -2.15. The summed E-state index contributed by atoms with van der Waals surface area (Å²) < 4.78 is 13.7. The summed E-state index contributed by atoms with van der Waals surface area (Å²) in [6.45, 7) is 8.35. The van der Waals surface area contributed by atoms with Gasteiger partial charge in [-0.3, -0.25) is 4.79 Å². The third kappa shape index (κ3) is 3.82. The lowest BCUT2D eigenvalue weighted by molar-refractivity contribution is 0.1000. The van der Waals surface area contributed by atoms with Gasteiger partial charge in [-0.05, 0) is 43.9 Å². The third-order valence-electron chi connectivity index (χ3n) is 5.17. The Balaban J connectivity index is 2.16. The number of unbranched alkanes of at least 4 members (excludes halogenated alkanes) is 2. The highest BCUT2D eigenvalue weighted by atomic mass is 16.6. The Labute approximate surface area is 161 Å². The average Bonchev–Trinajstić information content (AvgIpc) is 2.94. The maximum Gasteiger partial charge on any atom is 0.251 e. The number of amides is 1. The van der Waals surface area contributed by atoms with E-state index in [-0.39, 0.29) is 5.91 Å². The van der Waals surface area contributed by atoms with Crippen LogP contribution in [0, 0.1) is 6.92 Å².